The first-order valence-corrected chi connectivity index (χ1v) is 4.81. The van der Waals surface area contributed by atoms with Gasteiger partial charge in [-0.1, -0.05) is 6.07 Å². The number of carbonyl (C=O) groups is 1. The fourth-order valence-corrected chi connectivity index (χ4v) is 1.30. The Kier molecular flexibility index (Phi) is 3.03. The first kappa shape index (κ1) is 10.4. The minimum Gasteiger partial charge on any atom is -0.392 e. The van der Waals surface area contributed by atoms with Gasteiger partial charge in [0.05, 0.1) is 18.0 Å². The zero-order chi connectivity index (χ0) is 11.4. The molecule has 0 aliphatic heterocycles. The second kappa shape index (κ2) is 4.63. The van der Waals surface area contributed by atoms with Crippen molar-refractivity contribution < 1.29 is 9.90 Å². The summed E-state index contributed by atoms with van der Waals surface area (Å²) in [6.07, 6.45) is 3.85. The Labute approximate surface area is 92.6 Å². The highest BCUT2D eigenvalue weighted by atomic mass is 16.3. The number of hydrogen-bond donors (Lipinski definition) is 1. The van der Waals surface area contributed by atoms with Gasteiger partial charge in [-0.05, 0) is 23.8 Å². The summed E-state index contributed by atoms with van der Waals surface area (Å²) in [5.74, 6) is 0. The van der Waals surface area contributed by atoms with Crippen LogP contribution in [0.15, 0.2) is 36.7 Å². The van der Waals surface area contributed by atoms with Crippen LogP contribution in [0, 0.1) is 0 Å². The van der Waals surface area contributed by atoms with Gasteiger partial charge in [0.15, 0.2) is 6.29 Å². The van der Waals surface area contributed by atoms with Gasteiger partial charge in [-0.15, -0.1) is 0 Å². The van der Waals surface area contributed by atoms with Crippen LogP contribution in [0.3, 0.4) is 0 Å². The molecule has 0 aliphatic carbocycles. The Morgan fingerprint density at radius 1 is 1.06 bits per heavy atom. The minimum atomic E-state index is -0.0230. The molecule has 0 atom stereocenters. The van der Waals surface area contributed by atoms with Gasteiger partial charge in [0.2, 0.25) is 0 Å². The largest absolute Gasteiger partial charge is 0.392 e. The van der Waals surface area contributed by atoms with E-state index in [0.717, 1.165) is 17.5 Å². The van der Waals surface area contributed by atoms with Crippen molar-refractivity contribution in [2.75, 3.05) is 0 Å². The Hall–Kier alpha value is -2.07. The molecular formula is C12H10N2O2. The van der Waals surface area contributed by atoms with Crippen LogP contribution >= 0.6 is 0 Å². The molecule has 0 saturated carbocycles. The molecule has 16 heavy (non-hydrogen) atoms. The number of pyridine rings is 2. The summed E-state index contributed by atoms with van der Waals surface area (Å²) in [5.41, 5.74) is 2.72. The number of nitrogens with zero attached hydrogens (tertiary/aromatic N) is 2. The van der Waals surface area contributed by atoms with Gasteiger partial charge in [0, 0.05) is 18.0 Å². The van der Waals surface area contributed by atoms with Gasteiger partial charge >= 0.3 is 0 Å². The molecule has 4 heteroatoms. The summed E-state index contributed by atoms with van der Waals surface area (Å²) < 4.78 is 0. The van der Waals surface area contributed by atoms with Crippen LogP contribution in [-0.4, -0.2) is 21.4 Å². The number of aliphatic hydroxyl groups excluding tert-OH is 1. The van der Waals surface area contributed by atoms with Crippen LogP contribution in [0.5, 0.6) is 0 Å². The van der Waals surface area contributed by atoms with Crippen LogP contribution in [0.4, 0.5) is 0 Å². The third-order valence-electron chi connectivity index (χ3n) is 2.19. The van der Waals surface area contributed by atoms with Gasteiger partial charge in [-0.25, -0.2) is 0 Å². The Morgan fingerprint density at radius 3 is 2.19 bits per heavy atom. The number of aromatic nitrogens is 2. The van der Waals surface area contributed by atoms with E-state index in [9.17, 15) is 4.79 Å². The maximum Gasteiger partial charge on any atom is 0.151 e. The number of rotatable bonds is 3. The van der Waals surface area contributed by atoms with E-state index in [0.29, 0.717) is 11.3 Å². The lowest BCUT2D eigenvalue weighted by atomic mass is 10.2. The fraction of sp³-hybridized carbons (Fsp3) is 0.0833. The predicted molar refractivity (Wildman–Crippen MR) is 58.8 cm³/mol. The molecule has 0 fully saturated rings. The van der Waals surface area contributed by atoms with Gasteiger partial charge in [-0.2, -0.15) is 0 Å². The molecule has 2 aromatic rings. The molecule has 0 spiro atoms. The fourth-order valence-electron chi connectivity index (χ4n) is 1.30. The number of hydrogen-bond acceptors (Lipinski definition) is 4. The number of aliphatic hydroxyl groups is 1. The van der Waals surface area contributed by atoms with E-state index in [-0.39, 0.29) is 6.61 Å². The molecule has 2 heterocycles. The molecule has 0 amide bonds. The van der Waals surface area contributed by atoms with Crippen LogP contribution in [0.25, 0.3) is 11.4 Å². The molecule has 4 nitrogen and oxygen atoms in total. The molecule has 0 bridgehead atoms. The lowest BCUT2D eigenvalue weighted by molar-refractivity contribution is 0.112. The van der Waals surface area contributed by atoms with E-state index < -0.39 is 0 Å². The molecule has 0 unspecified atom stereocenters. The van der Waals surface area contributed by atoms with Crippen molar-refractivity contribution in [3.05, 3.63) is 47.8 Å². The zero-order valence-electron chi connectivity index (χ0n) is 8.50. The number of carbonyl (C=O) groups excluding carboxylic acids is 1. The quantitative estimate of drug-likeness (QED) is 0.785. The summed E-state index contributed by atoms with van der Waals surface area (Å²) in [6, 6.07) is 7.01. The molecule has 80 valence electrons. The third-order valence-corrected chi connectivity index (χ3v) is 2.19. The van der Waals surface area contributed by atoms with Gasteiger partial charge < -0.3 is 5.11 Å². The Balaban J connectivity index is 2.31. The van der Waals surface area contributed by atoms with E-state index in [2.05, 4.69) is 9.97 Å². The average Bonchev–Trinajstić information content (AvgIpc) is 2.39. The Morgan fingerprint density at radius 2 is 1.75 bits per heavy atom. The van der Waals surface area contributed by atoms with E-state index in [1.165, 1.54) is 6.20 Å². The summed E-state index contributed by atoms with van der Waals surface area (Å²) in [7, 11) is 0. The van der Waals surface area contributed by atoms with Crippen LogP contribution in [0.1, 0.15) is 15.9 Å². The molecular weight excluding hydrogens is 204 g/mol. The summed E-state index contributed by atoms with van der Waals surface area (Å²) in [5, 5.41) is 8.87. The van der Waals surface area contributed by atoms with Crippen LogP contribution < -0.4 is 0 Å². The van der Waals surface area contributed by atoms with Crippen molar-refractivity contribution in [3.8, 4) is 11.4 Å². The molecule has 0 radical (unpaired) electrons. The summed E-state index contributed by atoms with van der Waals surface area (Å²) in [6.45, 7) is -0.0230. The molecule has 0 aliphatic rings. The van der Waals surface area contributed by atoms with E-state index in [1.54, 1.807) is 30.5 Å². The second-order valence-corrected chi connectivity index (χ2v) is 3.30. The van der Waals surface area contributed by atoms with E-state index >= 15 is 0 Å². The smallest absolute Gasteiger partial charge is 0.151 e. The SMILES string of the molecule is O=Cc1ccc(-c2ccc(CO)cn2)nc1. The van der Waals surface area contributed by atoms with Crippen LogP contribution in [-0.2, 0) is 6.61 Å². The molecule has 2 aromatic heterocycles. The van der Waals surface area contributed by atoms with Gasteiger partial charge in [0.25, 0.3) is 0 Å². The predicted octanol–water partition coefficient (Wildman–Crippen LogP) is 1.45. The van der Waals surface area contributed by atoms with E-state index in [4.69, 9.17) is 5.11 Å². The highest BCUT2D eigenvalue weighted by Crippen LogP contribution is 2.14. The number of aldehydes is 1. The highest BCUT2D eigenvalue weighted by molar-refractivity contribution is 5.74. The summed E-state index contributed by atoms with van der Waals surface area (Å²) in [4.78, 5) is 18.7. The van der Waals surface area contributed by atoms with Crippen molar-refractivity contribution in [2.24, 2.45) is 0 Å². The minimum absolute atomic E-state index is 0.0230. The van der Waals surface area contributed by atoms with Crippen LogP contribution in [0.2, 0.25) is 0 Å². The monoisotopic (exact) mass is 214 g/mol. The van der Waals surface area contributed by atoms with E-state index in [1.807, 2.05) is 0 Å². The van der Waals surface area contributed by atoms with Crippen molar-refractivity contribution in [3.63, 3.8) is 0 Å². The van der Waals surface area contributed by atoms with Gasteiger partial charge in [0.1, 0.15) is 0 Å². The van der Waals surface area contributed by atoms with Crippen molar-refractivity contribution in [1.82, 2.24) is 9.97 Å². The molecule has 2 rings (SSSR count). The first-order chi connectivity index (χ1) is 7.83. The standard InChI is InChI=1S/C12H10N2O2/c15-7-9-1-3-11(13-5-9)12-4-2-10(8-16)6-14-12/h1-7,16H,8H2. The molecule has 0 aromatic carbocycles. The van der Waals surface area contributed by atoms with Crippen molar-refractivity contribution >= 4 is 6.29 Å². The van der Waals surface area contributed by atoms with Crippen molar-refractivity contribution in [1.29, 1.82) is 0 Å². The van der Waals surface area contributed by atoms with Crippen molar-refractivity contribution in [2.45, 2.75) is 6.61 Å². The first-order valence-electron chi connectivity index (χ1n) is 4.81. The molecule has 0 saturated heterocycles. The zero-order valence-corrected chi connectivity index (χ0v) is 8.50. The lowest BCUT2D eigenvalue weighted by Gasteiger charge is -2.01. The maximum absolute atomic E-state index is 10.5. The topological polar surface area (TPSA) is 63.1 Å². The second-order valence-electron chi connectivity index (χ2n) is 3.30. The Bertz CT molecular complexity index is 477. The normalized spacial score (nSPS) is 10.1. The highest BCUT2D eigenvalue weighted by Gasteiger charge is 2.00. The summed E-state index contributed by atoms with van der Waals surface area (Å²) >= 11 is 0. The van der Waals surface area contributed by atoms with Gasteiger partial charge in [-0.3, -0.25) is 14.8 Å². The molecule has 1 N–H and O–H groups in total. The third kappa shape index (κ3) is 2.12. The lowest BCUT2D eigenvalue weighted by Crippen LogP contribution is -1.91. The maximum atomic E-state index is 10.5. The average molecular weight is 214 g/mol.